The molecule has 0 radical (unpaired) electrons. The number of nitrogens with zero attached hydrogens (tertiary/aromatic N) is 3. The van der Waals surface area contributed by atoms with E-state index in [-0.39, 0.29) is 41.3 Å². The fourth-order valence-corrected chi connectivity index (χ4v) is 4.80. The first kappa shape index (κ1) is 22.3. The minimum atomic E-state index is -0.730. The number of benzene rings is 1. The van der Waals surface area contributed by atoms with Crippen LogP contribution in [0.15, 0.2) is 42.9 Å². The number of carbonyl (C=O) groups excluding carboxylic acids is 3. The standard InChI is InChI=1S/C24H22ClFN4O4/c1-13(31)18-11-29(20-5-6-27-9-17(18)20)12-21(32)30-10-15-7-16(15)23(30)34-24(33)28-8-14-3-2-4-19(25)22(14)26/h2-6,9,11,15-16,23H,7-8,10,12H2,1H3,(H,28,33)/t15-,16-,23+/m1/s1. The van der Waals surface area contributed by atoms with Crippen LogP contribution < -0.4 is 5.32 Å². The molecule has 1 aliphatic heterocycles. The largest absolute Gasteiger partial charge is 0.425 e. The van der Waals surface area contributed by atoms with Crippen molar-refractivity contribution in [3.05, 3.63) is 64.8 Å². The summed E-state index contributed by atoms with van der Waals surface area (Å²) in [5.41, 5.74) is 1.47. The number of piperidine rings is 1. The summed E-state index contributed by atoms with van der Waals surface area (Å²) < 4.78 is 21.4. The maximum absolute atomic E-state index is 14.1. The second kappa shape index (κ2) is 8.72. The van der Waals surface area contributed by atoms with Gasteiger partial charge in [-0.2, -0.15) is 0 Å². The third kappa shape index (κ3) is 4.11. The van der Waals surface area contributed by atoms with Gasteiger partial charge in [0, 0.05) is 54.1 Å². The van der Waals surface area contributed by atoms with E-state index in [4.69, 9.17) is 16.3 Å². The van der Waals surface area contributed by atoms with Crippen molar-refractivity contribution >= 4 is 40.3 Å². The van der Waals surface area contributed by atoms with Gasteiger partial charge in [-0.3, -0.25) is 14.6 Å². The number of Topliss-reactive ketones (excluding diaryl/α,β-unsaturated/α-hetero) is 1. The molecule has 1 aliphatic carbocycles. The Morgan fingerprint density at radius 3 is 2.91 bits per heavy atom. The lowest BCUT2D eigenvalue weighted by Crippen LogP contribution is -2.44. The van der Waals surface area contributed by atoms with Gasteiger partial charge in [-0.25, -0.2) is 9.18 Å². The molecule has 1 saturated carbocycles. The van der Waals surface area contributed by atoms with E-state index in [1.807, 2.05) is 0 Å². The van der Waals surface area contributed by atoms with Gasteiger partial charge in [0.2, 0.25) is 5.91 Å². The van der Waals surface area contributed by atoms with Gasteiger partial charge in [0.05, 0.1) is 10.5 Å². The highest BCUT2D eigenvalue weighted by atomic mass is 35.5. The van der Waals surface area contributed by atoms with Gasteiger partial charge in [0.15, 0.2) is 12.0 Å². The van der Waals surface area contributed by atoms with E-state index in [0.29, 0.717) is 23.4 Å². The highest BCUT2D eigenvalue weighted by Crippen LogP contribution is 2.50. The lowest BCUT2D eigenvalue weighted by Gasteiger charge is -2.27. The van der Waals surface area contributed by atoms with Crippen LogP contribution in [0.25, 0.3) is 10.9 Å². The van der Waals surface area contributed by atoms with Crippen molar-refractivity contribution in [1.29, 1.82) is 0 Å². The number of aromatic nitrogens is 2. The number of nitrogens with one attached hydrogen (secondary N) is 1. The number of alkyl carbamates (subject to hydrolysis) is 1. The Kier molecular flexibility index (Phi) is 5.73. The van der Waals surface area contributed by atoms with Crippen LogP contribution in [0.1, 0.15) is 29.3 Å². The third-order valence-corrected chi connectivity index (χ3v) is 6.74. The molecule has 1 aromatic carbocycles. The predicted molar refractivity (Wildman–Crippen MR) is 122 cm³/mol. The summed E-state index contributed by atoms with van der Waals surface area (Å²) in [5.74, 6) is -0.527. The zero-order valence-corrected chi connectivity index (χ0v) is 19.1. The molecule has 3 aromatic rings. The first-order valence-corrected chi connectivity index (χ1v) is 11.3. The summed E-state index contributed by atoms with van der Waals surface area (Å²) in [6.07, 6.45) is 4.35. The lowest BCUT2D eigenvalue weighted by molar-refractivity contribution is -0.140. The number of likely N-dealkylation sites (tertiary alicyclic amines) is 1. The normalized spacial score (nSPS) is 20.8. The highest BCUT2D eigenvalue weighted by Gasteiger charge is 2.56. The first-order chi connectivity index (χ1) is 16.3. The Bertz CT molecular complexity index is 1310. The van der Waals surface area contributed by atoms with E-state index in [2.05, 4.69) is 10.3 Å². The summed E-state index contributed by atoms with van der Waals surface area (Å²) in [6.45, 7) is 1.89. The number of hydrogen-bond donors (Lipinski definition) is 1. The van der Waals surface area contributed by atoms with E-state index in [1.165, 1.54) is 19.1 Å². The molecule has 176 valence electrons. The van der Waals surface area contributed by atoms with Crippen LogP contribution in [0.4, 0.5) is 9.18 Å². The second-order valence-electron chi connectivity index (χ2n) is 8.69. The molecule has 2 aliphatic rings. The summed E-state index contributed by atoms with van der Waals surface area (Å²) in [4.78, 5) is 43.3. The van der Waals surface area contributed by atoms with Crippen LogP contribution in [-0.4, -0.2) is 45.0 Å². The average molecular weight is 485 g/mol. The fourth-order valence-electron chi connectivity index (χ4n) is 4.60. The van der Waals surface area contributed by atoms with Crippen molar-refractivity contribution in [1.82, 2.24) is 19.8 Å². The van der Waals surface area contributed by atoms with Crippen LogP contribution in [0.5, 0.6) is 0 Å². The van der Waals surface area contributed by atoms with Crippen LogP contribution in [-0.2, 0) is 22.6 Å². The SMILES string of the molecule is CC(=O)c1cn(CC(=O)N2C[C@H]3C[C@H]3[C@@H]2OC(=O)NCc2cccc(Cl)c2F)c2ccncc12. The van der Waals surface area contributed by atoms with Gasteiger partial charge >= 0.3 is 6.09 Å². The maximum Gasteiger partial charge on any atom is 0.409 e. The van der Waals surface area contributed by atoms with E-state index < -0.39 is 18.1 Å². The van der Waals surface area contributed by atoms with Crippen molar-refractivity contribution in [2.45, 2.75) is 32.7 Å². The molecule has 0 unspecified atom stereocenters. The van der Waals surface area contributed by atoms with Crippen LogP contribution in [0, 0.1) is 17.7 Å². The molecule has 8 nitrogen and oxygen atoms in total. The molecule has 0 spiro atoms. The van der Waals surface area contributed by atoms with Gasteiger partial charge in [-0.1, -0.05) is 23.7 Å². The molecule has 10 heteroatoms. The first-order valence-electron chi connectivity index (χ1n) is 10.9. The van der Waals surface area contributed by atoms with E-state index >= 15 is 0 Å². The van der Waals surface area contributed by atoms with Crippen LogP contribution in [0.2, 0.25) is 5.02 Å². The van der Waals surface area contributed by atoms with Crippen LogP contribution in [0.3, 0.4) is 0 Å². The summed E-state index contributed by atoms with van der Waals surface area (Å²) in [7, 11) is 0. The summed E-state index contributed by atoms with van der Waals surface area (Å²) in [5, 5.41) is 3.20. The summed E-state index contributed by atoms with van der Waals surface area (Å²) in [6, 6.07) is 6.30. The van der Waals surface area contributed by atoms with E-state index in [1.54, 1.807) is 40.2 Å². The Morgan fingerprint density at radius 1 is 1.29 bits per heavy atom. The molecule has 1 saturated heterocycles. The number of fused-ring (bicyclic) bond motifs is 2. The van der Waals surface area contributed by atoms with Crippen LogP contribution >= 0.6 is 11.6 Å². The van der Waals surface area contributed by atoms with E-state index in [0.717, 1.165) is 11.9 Å². The average Bonchev–Trinajstić information content (AvgIpc) is 3.37. The fraction of sp³-hybridized carbons (Fsp3) is 0.333. The van der Waals surface area contributed by atoms with E-state index in [9.17, 15) is 18.8 Å². The summed E-state index contributed by atoms with van der Waals surface area (Å²) >= 11 is 5.78. The monoisotopic (exact) mass is 484 g/mol. The minimum absolute atomic E-state index is 0.00242. The van der Waals surface area contributed by atoms with Gasteiger partial charge in [-0.15, -0.1) is 0 Å². The Labute approximate surface area is 199 Å². The number of ether oxygens (including phenoxy) is 1. The number of ketones is 1. The number of hydrogen-bond acceptors (Lipinski definition) is 5. The van der Waals surface area contributed by atoms with Crippen molar-refractivity contribution in [2.75, 3.05) is 6.54 Å². The van der Waals surface area contributed by atoms with Crippen molar-refractivity contribution in [3.8, 4) is 0 Å². The zero-order valence-electron chi connectivity index (χ0n) is 18.3. The Balaban J connectivity index is 1.27. The molecule has 5 rings (SSSR count). The van der Waals surface area contributed by atoms with Crippen molar-refractivity contribution < 1.29 is 23.5 Å². The molecular formula is C24H22ClFN4O4. The van der Waals surface area contributed by atoms with Crippen molar-refractivity contribution in [2.24, 2.45) is 11.8 Å². The highest BCUT2D eigenvalue weighted by molar-refractivity contribution is 6.30. The molecule has 3 heterocycles. The molecule has 0 bridgehead atoms. The van der Waals surface area contributed by atoms with Gasteiger partial charge in [0.25, 0.3) is 0 Å². The van der Waals surface area contributed by atoms with Gasteiger partial charge in [-0.05, 0) is 31.4 Å². The number of carbonyl (C=O) groups is 3. The molecule has 2 amide bonds. The molecule has 2 aromatic heterocycles. The van der Waals surface area contributed by atoms with Gasteiger partial charge < -0.3 is 19.5 Å². The number of amides is 2. The number of rotatable bonds is 6. The lowest BCUT2D eigenvalue weighted by atomic mass is 10.2. The molecule has 2 fully saturated rings. The predicted octanol–water partition coefficient (Wildman–Crippen LogP) is 3.76. The maximum atomic E-state index is 14.1. The second-order valence-corrected chi connectivity index (χ2v) is 9.09. The Morgan fingerprint density at radius 2 is 2.12 bits per heavy atom. The van der Waals surface area contributed by atoms with Crippen molar-refractivity contribution in [3.63, 3.8) is 0 Å². The third-order valence-electron chi connectivity index (χ3n) is 6.45. The Hall–Kier alpha value is -3.46. The zero-order chi connectivity index (χ0) is 24.0. The number of halogens is 2. The molecule has 34 heavy (non-hydrogen) atoms. The smallest absolute Gasteiger partial charge is 0.409 e. The molecule has 3 atom stereocenters. The quantitative estimate of drug-likeness (QED) is 0.538. The topological polar surface area (TPSA) is 93.5 Å². The molecule has 1 N–H and O–H groups in total. The minimum Gasteiger partial charge on any atom is -0.425 e. The van der Waals surface area contributed by atoms with Gasteiger partial charge in [0.1, 0.15) is 12.4 Å². The number of pyridine rings is 1. The molecular weight excluding hydrogens is 463 g/mol.